The number of nitrogens with zero attached hydrogens (tertiary/aromatic N) is 1. The van der Waals surface area contributed by atoms with Gasteiger partial charge in [0.1, 0.15) is 0 Å². The number of alkyl halides is 1. The van der Waals surface area contributed by atoms with Gasteiger partial charge in [-0.25, -0.2) is 0 Å². The minimum absolute atomic E-state index is 0.0829. The molecule has 19 heavy (non-hydrogen) atoms. The third-order valence-electron chi connectivity index (χ3n) is 2.97. The van der Waals surface area contributed by atoms with Gasteiger partial charge < -0.3 is 5.32 Å². The number of carbonyl (C=O) groups is 1. The van der Waals surface area contributed by atoms with Crippen molar-refractivity contribution < 1.29 is 9.72 Å². The third kappa shape index (κ3) is 4.87. The first kappa shape index (κ1) is 15.4. The molecule has 0 aliphatic rings. The fraction of sp³-hybridized carbons (Fsp3) is 0.462. The van der Waals surface area contributed by atoms with Crippen molar-refractivity contribution >= 4 is 23.2 Å². The van der Waals surface area contributed by atoms with Crippen LogP contribution in [0.15, 0.2) is 24.3 Å². The average molecular weight is 285 g/mol. The molecule has 0 radical (unpaired) electrons. The molecule has 1 amide bonds. The van der Waals surface area contributed by atoms with E-state index in [4.69, 9.17) is 11.6 Å². The van der Waals surface area contributed by atoms with Crippen LogP contribution in [-0.2, 0) is 0 Å². The molecule has 104 valence electrons. The molecule has 1 aromatic carbocycles. The van der Waals surface area contributed by atoms with Crippen LogP contribution in [-0.4, -0.2) is 23.3 Å². The molecule has 1 N–H and O–H groups in total. The Kier molecular flexibility index (Phi) is 6.29. The molecule has 1 aromatic rings. The van der Waals surface area contributed by atoms with Gasteiger partial charge in [-0.1, -0.05) is 19.4 Å². The van der Waals surface area contributed by atoms with E-state index in [1.807, 2.05) is 6.92 Å². The Hall–Kier alpha value is -1.62. The topological polar surface area (TPSA) is 72.2 Å². The molecule has 0 spiro atoms. The van der Waals surface area contributed by atoms with Crippen molar-refractivity contribution in [1.29, 1.82) is 0 Å². The monoisotopic (exact) mass is 284 g/mol. The molecule has 0 aliphatic heterocycles. The van der Waals surface area contributed by atoms with Crippen LogP contribution in [0.1, 0.15) is 30.1 Å². The van der Waals surface area contributed by atoms with E-state index in [0.717, 1.165) is 12.8 Å². The van der Waals surface area contributed by atoms with Crippen molar-refractivity contribution in [2.75, 3.05) is 12.4 Å². The molecule has 1 unspecified atom stereocenters. The molecule has 0 heterocycles. The second-order valence-corrected chi connectivity index (χ2v) is 4.65. The molecule has 0 saturated carbocycles. The first-order chi connectivity index (χ1) is 9.08. The molecule has 0 fully saturated rings. The fourth-order valence-corrected chi connectivity index (χ4v) is 2.01. The quantitative estimate of drug-likeness (QED) is 0.475. The van der Waals surface area contributed by atoms with Crippen LogP contribution in [0.3, 0.4) is 0 Å². The van der Waals surface area contributed by atoms with Crippen LogP contribution in [0.5, 0.6) is 0 Å². The Morgan fingerprint density at radius 3 is 2.84 bits per heavy atom. The lowest BCUT2D eigenvalue weighted by molar-refractivity contribution is -0.384. The Bertz CT molecular complexity index is 451. The Labute approximate surface area is 117 Å². The predicted octanol–water partition coefficient (Wildman–Crippen LogP) is 2.98. The molecular weight excluding hydrogens is 268 g/mol. The van der Waals surface area contributed by atoms with Crippen molar-refractivity contribution in [3.8, 4) is 0 Å². The number of rotatable bonds is 7. The van der Waals surface area contributed by atoms with E-state index in [1.165, 1.54) is 18.2 Å². The minimum atomic E-state index is -0.515. The fourth-order valence-electron chi connectivity index (χ4n) is 1.70. The number of hydrogen-bond donors (Lipinski definition) is 1. The zero-order valence-corrected chi connectivity index (χ0v) is 11.5. The van der Waals surface area contributed by atoms with Gasteiger partial charge in [-0.3, -0.25) is 14.9 Å². The number of nitro benzene ring substituents is 1. The van der Waals surface area contributed by atoms with Gasteiger partial charge in [-0.05, 0) is 18.4 Å². The van der Waals surface area contributed by atoms with E-state index >= 15 is 0 Å². The van der Waals surface area contributed by atoms with Crippen LogP contribution >= 0.6 is 11.6 Å². The van der Waals surface area contributed by atoms with Crippen LogP contribution in [0.4, 0.5) is 5.69 Å². The van der Waals surface area contributed by atoms with Crippen LogP contribution in [0.2, 0.25) is 0 Å². The summed E-state index contributed by atoms with van der Waals surface area (Å²) >= 11 is 5.68. The summed E-state index contributed by atoms with van der Waals surface area (Å²) in [6, 6.07) is 5.70. The van der Waals surface area contributed by atoms with Crippen molar-refractivity contribution in [3.63, 3.8) is 0 Å². The first-order valence-electron chi connectivity index (χ1n) is 6.17. The van der Waals surface area contributed by atoms with Crippen molar-refractivity contribution in [2.45, 2.75) is 19.8 Å². The smallest absolute Gasteiger partial charge is 0.270 e. The van der Waals surface area contributed by atoms with Gasteiger partial charge >= 0.3 is 0 Å². The summed E-state index contributed by atoms with van der Waals surface area (Å²) in [5, 5.41) is 13.4. The van der Waals surface area contributed by atoms with Gasteiger partial charge in [-0.2, -0.15) is 0 Å². The summed E-state index contributed by atoms with van der Waals surface area (Å²) in [5.74, 6) is 0.599. The SMILES string of the molecule is CCC(CCCl)CNC(=O)c1cccc([N+](=O)[O-])c1. The van der Waals surface area contributed by atoms with Gasteiger partial charge in [0.05, 0.1) is 4.92 Å². The molecule has 0 aliphatic carbocycles. The molecule has 0 saturated heterocycles. The Morgan fingerprint density at radius 1 is 1.53 bits per heavy atom. The normalized spacial score (nSPS) is 11.9. The number of nitrogens with one attached hydrogen (secondary N) is 1. The molecule has 1 rings (SSSR count). The number of amides is 1. The van der Waals surface area contributed by atoms with Crippen molar-refractivity contribution in [1.82, 2.24) is 5.32 Å². The molecule has 5 nitrogen and oxygen atoms in total. The second-order valence-electron chi connectivity index (χ2n) is 4.27. The summed E-state index contributed by atoms with van der Waals surface area (Å²) in [4.78, 5) is 22.0. The Balaban J connectivity index is 2.62. The van der Waals surface area contributed by atoms with E-state index in [2.05, 4.69) is 5.32 Å². The van der Waals surface area contributed by atoms with Gasteiger partial charge in [0.25, 0.3) is 11.6 Å². The lowest BCUT2D eigenvalue weighted by Gasteiger charge is -2.14. The highest BCUT2D eigenvalue weighted by Crippen LogP contribution is 2.13. The summed E-state index contributed by atoms with van der Waals surface area (Å²) in [6.07, 6.45) is 1.77. The summed E-state index contributed by atoms with van der Waals surface area (Å²) < 4.78 is 0. The van der Waals surface area contributed by atoms with Gasteiger partial charge in [0.2, 0.25) is 0 Å². The largest absolute Gasteiger partial charge is 0.352 e. The first-order valence-corrected chi connectivity index (χ1v) is 6.70. The van der Waals surface area contributed by atoms with E-state index in [-0.39, 0.29) is 11.6 Å². The minimum Gasteiger partial charge on any atom is -0.352 e. The van der Waals surface area contributed by atoms with Crippen LogP contribution in [0, 0.1) is 16.0 Å². The number of hydrogen-bond acceptors (Lipinski definition) is 3. The highest BCUT2D eigenvalue weighted by molar-refractivity contribution is 6.17. The lowest BCUT2D eigenvalue weighted by atomic mass is 10.0. The number of nitro groups is 1. The van der Waals surface area contributed by atoms with Crippen molar-refractivity contribution in [2.24, 2.45) is 5.92 Å². The van der Waals surface area contributed by atoms with Crippen molar-refractivity contribution in [3.05, 3.63) is 39.9 Å². The van der Waals surface area contributed by atoms with E-state index in [0.29, 0.717) is 23.9 Å². The number of halogens is 1. The van der Waals surface area contributed by atoms with E-state index < -0.39 is 4.92 Å². The zero-order chi connectivity index (χ0) is 14.3. The van der Waals surface area contributed by atoms with Crippen LogP contribution < -0.4 is 5.32 Å². The third-order valence-corrected chi connectivity index (χ3v) is 3.18. The zero-order valence-electron chi connectivity index (χ0n) is 10.8. The molecule has 1 atom stereocenters. The molecule has 0 aromatic heterocycles. The predicted molar refractivity (Wildman–Crippen MR) is 74.5 cm³/mol. The standard InChI is InChI=1S/C13H17ClN2O3/c1-2-10(6-7-14)9-15-13(17)11-4-3-5-12(8-11)16(18)19/h3-5,8,10H,2,6-7,9H2,1H3,(H,15,17). The highest BCUT2D eigenvalue weighted by atomic mass is 35.5. The highest BCUT2D eigenvalue weighted by Gasteiger charge is 2.13. The summed E-state index contributed by atoms with van der Waals surface area (Å²) in [7, 11) is 0. The maximum Gasteiger partial charge on any atom is 0.270 e. The van der Waals surface area contributed by atoms with Gasteiger partial charge in [0, 0.05) is 30.1 Å². The number of non-ortho nitro benzene ring substituents is 1. The summed E-state index contributed by atoms with van der Waals surface area (Å²) in [5.41, 5.74) is 0.218. The van der Waals surface area contributed by atoms with Gasteiger partial charge in [-0.15, -0.1) is 11.6 Å². The average Bonchev–Trinajstić information content (AvgIpc) is 2.43. The molecule has 6 heteroatoms. The van der Waals surface area contributed by atoms with Gasteiger partial charge in [0.15, 0.2) is 0 Å². The number of benzene rings is 1. The Morgan fingerprint density at radius 2 is 2.26 bits per heavy atom. The number of carbonyl (C=O) groups excluding carboxylic acids is 1. The van der Waals surface area contributed by atoms with E-state index in [9.17, 15) is 14.9 Å². The lowest BCUT2D eigenvalue weighted by Crippen LogP contribution is -2.29. The molecule has 0 bridgehead atoms. The summed E-state index contributed by atoms with van der Waals surface area (Å²) in [6.45, 7) is 2.57. The molecular formula is C13H17ClN2O3. The second kappa shape index (κ2) is 7.74. The maximum atomic E-state index is 11.9. The maximum absolute atomic E-state index is 11.9. The van der Waals surface area contributed by atoms with Crippen LogP contribution in [0.25, 0.3) is 0 Å². The van der Waals surface area contributed by atoms with E-state index in [1.54, 1.807) is 6.07 Å².